The Labute approximate surface area is 99.6 Å². The van der Waals surface area contributed by atoms with E-state index < -0.39 is 0 Å². The van der Waals surface area contributed by atoms with Crippen molar-refractivity contribution in [3.8, 4) is 0 Å². The first-order valence-corrected chi connectivity index (χ1v) is 6.93. The van der Waals surface area contributed by atoms with Crippen LogP contribution in [0.4, 0.5) is 0 Å². The van der Waals surface area contributed by atoms with Gasteiger partial charge in [0.15, 0.2) is 0 Å². The molecule has 0 radical (unpaired) electrons. The van der Waals surface area contributed by atoms with Crippen LogP contribution in [0.1, 0.15) is 66.2 Å². The molecule has 0 amide bonds. The Balaban J connectivity index is 2.12. The second-order valence-electron chi connectivity index (χ2n) is 8.11. The van der Waals surface area contributed by atoms with E-state index in [1.165, 1.54) is 32.1 Å². The first kappa shape index (κ1) is 11.1. The minimum Gasteiger partial charge on any atom is -0.393 e. The maximum absolute atomic E-state index is 10.4. The number of hydrogen-bond acceptors (Lipinski definition) is 1. The van der Waals surface area contributed by atoms with Crippen LogP contribution in [0.2, 0.25) is 0 Å². The lowest BCUT2D eigenvalue weighted by atomic mass is 9.46. The molecule has 0 aliphatic heterocycles. The van der Waals surface area contributed by atoms with Crippen LogP contribution in [0.25, 0.3) is 0 Å². The highest BCUT2D eigenvalue weighted by atomic mass is 16.3. The molecule has 0 unspecified atom stereocenters. The molecular formula is C15H26O. The largest absolute Gasteiger partial charge is 0.393 e. The molecule has 0 heterocycles. The maximum atomic E-state index is 10.4. The van der Waals surface area contributed by atoms with E-state index in [0.29, 0.717) is 16.2 Å². The molecule has 0 aromatic rings. The van der Waals surface area contributed by atoms with Gasteiger partial charge in [-0.05, 0) is 53.8 Å². The summed E-state index contributed by atoms with van der Waals surface area (Å²) >= 11 is 0. The van der Waals surface area contributed by atoms with Crippen LogP contribution >= 0.6 is 0 Å². The van der Waals surface area contributed by atoms with Gasteiger partial charge >= 0.3 is 0 Å². The number of hydrogen-bond donors (Lipinski definition) is 1. The molecular weight excluding hydrogens is 196 g/mol. The molecule has 0 aromatic heterocycles. The standard InChI is InChI=1S/C15H26O/c1-12(2)6-5-7-14(4)9-13(3)10-15(12,14)8-11(13)16/h11,16H,5-10H2,1-4H3/t11-,13-,14-,15-/m1/s1. The summed E-state index contributed by atoms with van der Waals surface area (Å²) in [5.41, 5.74) is 1.57. The van der Waals surface area contributed by atoms with Gasteiger partial charge in [-0.3, -0.25) is 0 Å². The van der Waals surface area contributed by atoms with E-state index in [1.807, 2.05) is 0 Å². The number of aliphatic hydroxyl groups excluding tert-OH is 1. The molecule has 0 aromatic carbocycles. The fraction of sp³-hybridized carbons (Fsp3) is 1.00. The van der Waals surface area contributed by atoms with Crippen molar-refractivity contribution >= 4 is 0 Å². The molecule has 2 bridgehead atoms. The third-order valence-corrected chi connectivity index (χ3v) is 6.83. The third kappa shape index (κ3) is 0.978. The summed E-state index contributed by atoms with van der Waals surface area (Å²) in [6, 6.07) is 0. The van der Waals surface area contributed by atoms with Gasteiger partial charge in [0.2, 0.25) is 0 Å². The van der Waals surface area contributed by atoms with Crippen LogP contribution in [0.5, 0.6) is 0 Å². The predicted molar refractivity (Wildman–Crippen MR) is 66.1 cm³/mol. The second-order valence-corrected chi connectivity index (χ2v) is 8.11. The fourth-order valence-corrected chi connectivity index (χ4v) is 5.98. The van der Waals surface area contributed by atoms with Gasteiger partial charge in [-0.1, -0.05) is 34.1 Å². The Bertz CT molecular complexity index is 334. The van der Waals surface area contributed by atoms with Gasteiger partial charge in [-0.2, -0.15) is 0 Å². The third-order valence-electron chi connectivity index (χ3n) is 6.83. The van der Waals surface area contributed by atoms with Gasteiger partial charge in [0.05, 0.1) is 6.10 Å². The highest BCUT2D eigenvalue weighted by molar-refractivity contribution is 5.21. The lowest BCUT2D eigenvalue weighted by Gasteiger charge is -2.58. The highest BCUT2D eigenvalue weighted by Crippen LogP contribution is 2.78. The minimum absolute atomic E-state index is 0.0436. The average Bonchev–Trinajstić information content (AvgIpc) is 2.50. The van der Waals surface area contributed by atoms with Crippen LogP contribution in [-0.2, 0) is 0 Å². The maximum Gasteiger partial charge on any atom is 0.0599 e. The molecule has 92 valence electrons. The van der Waals surface area contributed by atoms with E-state index >= 15 is 0 Å². The Morgan fingerprint density at radius 1 is 1.00 bits per heavy atom. The van der Waals surface area contributed by atoms with Gasteiger partial charge in [0.25, 0.3) is 0 Å². The zero-order valence-electron chi connectivity index (χ0n) is 11.3. The zero-order valence-corrected chi connectivity index (χ0v) is 11.3. The van der Waals surface area contributed by atoms with Crippen LogP contribution in [0, 0.1) is 21.7 Å². The molecule has 3 saturated carbocycles. The van der Waals surface area contributed by atoms with Crippen LogP contribution in [-0.4, -0.2) is 11.2 Å². The lowest BCUT2D eigenvalue weighted by molar-refractivity contribution is -0.112. The molecule has 3 aliphatic carbocycles. The van der Waals surface area contributed by atoms with Crippen molar-refractivity contribution in [2.75, 3.05) is 0 Å². The van der Waals surface area contributed by atoms with Crippen molar-refractivity contribution in [1.29, 1.82) is 0 Å². The molecule has 0 saturated heterocycles. The van der Waals surface area contributed by atoms with E-state index in [-0.39, 0.29) is 11.5 Å². The van der Waals surface area contributed by atoms with Crippen molar-refractivity contribution < 1.29 is 5.11 Å². The van der Waals surface area contributed by atoms with Crippen molar-refractivity contribution in [2.45, 2.75) is 72.3 Å². The molecule has 3 fully saturated rings. The first-order valence-electron chi connectivity index (χ1n) is 6.93. The smallest absolute Gasteiger partial charge is 0.0599 e. The Kier molecular flexibility index (Phi) is 1.86. The summed E-state index contributed by atoms with van der Waals surface area (Å²) in [4.78, 5) is 0. The quantitative estimate of drug-likeness (QED) is 0.662. The van der Waals surface area contributed by atoms with E-state index in [4.69, 9.17) is 0 Å². The predicted octanol–water partition coefficient (Wildman–Crippen LogP) is 3.75. The van der Waals surface area contributed by atoms with Crippen molar-refractivity contribution in [2.24, 2.45) is 21.7 Å². The minimum atomic E-state index is -0.0436. The number of fused-ring (bicyclic) bond motifs is 1. The normalized spacial score (nSPS) is 58.7. The van der Waals surface area contributed by atoms with Gasteiger partial charge in [-0.15, -0.1) is 0 Å². The first-order chi connectivity index (χ1) is 7.25. The summed E-state index contributed by atoms with van der Waals surface area (Å²) in [6.07, 6.45) is 7.67. The van der Waals surface area contributed by atoms with Gasteiger partial charge in [0.1, 0.15) is 0 Å². The molecule has 1 N–H and O–H groups in total. The number of aliphatic hydroxyl groups is 1. The molecule has 3 rings (SSSR count). The second kappa shape index (κ2) is 2.68. The lowest BCUT2D eigenvalue weighted by Crippen LogP contribution is -2.51. The SMILES string of the molecule is CC1(C)CCC[C@]2(C)C[C@]3(C)C[C@]12C[C@H]3O. The molecule has 1 spiro atoms. The Hall–Kier alpha value is -0.0400. The highest BCUT2D eigenvalue weighted by Gasteiger charge is 2.72. The van der Waals surface area contributed by atoms with Crippen molar-refractivity contribution in [1.82, 2.24) is 0 Å². The van der Waals surface area contributed by atoms with Crippen molar-refractivity contribution in [3.63, 3.8) is 0 Å². The van der Waals surface area contributed by atoms with E-state index in [2.05, 4.69) is 27.7 Å². The Morgan fingerprint density at radius 2 is 1.69 bits per heavy atom. The van der Waals surface area contributed by atoms with Crippen molar-refractivity contribution in [3.05, 3.63) is 0 Å². The topological polar surface area (TPSA) is 20.2 Å². The van der Waals surface area contributed by atoms with E-state index in [9.17, 15) is 5.11 Å². The molecule has 3 aliphatic rings. The summed E-state index contributed by atoms with van der Waals surface area (Å²) in [5.74, 6) is 0. The zero-order chi connectivity index (χ0) is 11.8. The molecule has 4 atom stereocenters. The van der Waals surface area contributed by atoms with Crippen LogP contribution < -0.4 is 0 Å². The van der Waals surface area contributed by atoms with Gasteiger partial charge in [-0.25, -0.2) is 0 Å². The van der Waals surface area contributed by atoms with Gasteiger partial charge < -0.3 is 5.11 Å². The van der Waals surface area contributed by atoms with Crippen LogP contribution in [0.3, 0.4) is 0 Å². The molecule has 16 heavy (non-hydrogen) atoms. The average molecular weight is 222 g/mol. The molecule has 1 heteroatoms. The van der Waals surface area contributed by atoms with Crippen LogP contribution in [0.15, 0.2) is 0 Å². The van der Waals surface area contributed by atoms with E-state index in [0.717, 1.165) is 6.42 Å². The summed E-state index contributed by atoms with van der Waals surface area (Å²) in [7, 11) is 0. The Morgan fingerprint density at radius 3 is 2.31 bits per heavy atom. The summed E-state index contributed by atoms with van der Waals surface area (Å²) in [6.45, 7) is 9.74. The fourth-order valence-electron chi connectivity index (χ4n) is 5.98. The van der Waals surface area contributed by atoms with Gasteiger partial charge in [0, 0.05) is 0 Å². The monoisotopic (exact) mass is 222 g/mol. The van der Waals surface area contributed by atoms with E-state index in [1.54, 1.807) is 0 Å². The number of rotatable bonds is 0. The summed E-state index contributed by atoms with van der Waals surface area (Å²) < 4.78 is 0. The molecule has 1 nitrogen and oxygen atoms in total. The summed E-state index contributed by atoms with van der Waals surface area (Å²) in [5, 5.41) is 10.4.